The molecule has 196 valence electrons. The van der Waals surface area contributed by atoms with Gasteiger partial charge in [-0.1, -0.05) is 11.6 Å². The van der Waals surface area contributed by atoms with Crippen molar-refractivity contribution in [2.75, 3.05) is 48.5 Å². The highest BCUT2D eigenvalue weighted by Crippen LogP contribution is 2.40. The molecule has 7 rings (SSSR count). The highest BCUT2D eigenvalue weighted by molar-refractivity contribution is 6.32. The Morgan fingerprint density at radius 2 is 1.95 bits per heavy atom. The van der Waals surface area contributed by atoms with Gasteiger partial charge in [0.25, 0.3) is 0 Å². The molecule has 3 N–H and O–H groups in total. The summed E-state index contributed by atoms with van der Waals surface area (Å²) in [7, 11) is 2.04. The first-order valence-corrected chi connectivity index (χ1v) is 13.6. The van der Waals surface area contributed by atoms with Crippen molar-refractivity contribution < 1.29 is 14.6 Å². The molecule has 4 aliphatic heterocycles. The lowest BCUT2D eigenvalue weighted by atomic mass is 9.92. The molecule has 37 heavy (non-hydrogen) atoms. The summed E-state index contributed by atoms with van der Waals surface area (Å²) in [5.74, 6) is 3.75. The Hall–Kier alpha value is -2.82. The molecule has 11 heteroatoms. The topological polar surface area (TPSA) is 108 Å². The number of hydrogen-bond donors (Lipinski definition) is 3. The summed E-state index contributed by atoms with van der Waals surface area (Å²) in [6, 6.07) is 2.62. The van der Waals surface area contributed by atoms with Crippen molar-refractivity contribution in [1.82, 2.24) is 20.3 Å². The Morgan fingerprint density at radius 3 is 2.73 bits per heavy atom. The Kier molecular flexibility index (Phi) is 5.78. The number of rotatable bonds is 4. The van der Waals surface area contributed by atoms with Crippen LogP contribution in [0.4, 0.5) is 23.3 Å². The normalized spacial score (nSPS) is 29.1. The number of aliphatic hydroxyl groups is 1. The first kappa shape index (κ1) is 23.3. The van der Waals surface area contributed by atoms with Gasteiger partial charge < -0.3 is 35.0 Å². The van der Waals surface area contributed by atoms with E-state index in [0.717, 1.165) is 47.5 Å². The summed E-state index contributed by atoms with van der Waals surface area (Å²) in [5.41, 5.74) is 2.86. The minimum Gasteiger partial charge on any atom is -0.494 e. The van der Waals surface area contributed by atoms with E-state index >= 15 is 0 Å². The molecule has 3 atom stereocenters. The second kappa shape index (κ2) is 9.18. The van der Waals surface area contributed by atoms with Crippen LogP contribution < -0.4 is 20.4 Å². The molecular weight excluding hydrogens is 494 g/mol. The molecular formula is C26H32ClN7O3. The van der Waals surface area contributed by atoms with E-state index in [1.165, 1.54) is 12.8 Å². The van der Waals surface area contributed by atoms with Gasteiger partial charge in [0.2, 0.25) is 5.95 Å². The van der Waals surface area contributed by atoms with Gasteiger partial charge in [0.15, 0.2) is 5.82 Å². The van der Waals surface area contributed by atoms with Crippen LogP contribution in [-0.2, 0) is 9.47 Å². The van der Waals surface area contributed by atoms with E-state index in [-0.39, 0.29) is 18.2 Å². The van der Waals surface area contributed by atoms with Crippen molar-refractivity contribution in [3.05, 3.63) is 34.8 Å². The molecule has 6 heterocycles. The number of aromatic nitrogens is 3. The number of likely N-dealkylation sites (N-methyl/N-ethyl adjacent to an activating group) is 1. The van der Waals surface area contributed by atoms with Crippen molar-refractivity contribution in [1.29, 1.82) is 0 Å². The minimum absolute atomic E-state index is 0.0450. The largest absolute Gasteiger partial charge is 0.494 e. The third kappa shape index (κ3) is 4.34. The number of pyridine rings is 1. The molecule has 2 aromatic rings. The quantitative estimate of drug-likeness (QED) is 0.551. The van der Waals surface area contributed by atoms with Gasteiger partial charge >= 0.3 is 0 Å². The second-order valence-corrected chi connectivity index (χ2v) is 11.3. The Morgan fingerprint density at radius 1 is 1.14 bits per heavy atom. The zero-order valence-corrected chi connectivity index (χ0v) is 21.6. The highest BCUT2D eigenvalue weighted by atomic mass is 35.5. The van der Waals surface area contributed by atoms with E-state index in [1.54, 1.807) is 6.20 Å². The number of fused-ring (bicyclic) bond motifs is 4. The summed E-state index contributed by atoms with van der Waals surface area (Å²) in [5, 5.41) is 17.9. The van der Waals surface area contributed by atoms with Crippen molar-refractivity contribution >= 4 is 40.6 Å². The van der Waals surface area contributed by atoms with Crippen molar-refractivity contribution in [3.63, 3.8) is 0 Å². The zero-order valence-electron chi connectivity index (χ0n) is 20.9. The van der Waals surface area contributed by atoms with Gasteiger partial charge in [-0.25, -0.2) is 9.97 Å². The van der Waals surface area contributed by atoms with Gasteiger partial charge in [-0.2, -0.15) is 4.98 Å². The van der Waals surface area contributed by atoms with Crippen LogP contribution in [0.5, 0.6) is 0 Å². The predicted octanol–water partition coefficient (Wildman–Crippen LogP) is 2.90. The fraction of sp³-hybridized carbons (Fsp3) is 0.577. The van der Waals surface area contributed by atoms with Crippen molar-refractivity contribution in [2.24, 2.45) is 5.92 Å². The van der Waals surface area contributed by atoms with Crippen LogP contribution in [0, 0.1) is 5.92 Å². The average Bonchev–Trinajstić information content (AvgIpc) is 3.72. The lowest BCUT2D eigenvalue weighted by Gasteiger charge is -2.47. The highest BCUT2D eigenvalue weighted by Gasteiger charge is 2.40. The molecule has 0 amide bonds. The molecule has 0 spiro atoms. The number of hydrogen-bond acceptors (Lipinski definition) is 10. The van der Waals surface area contributed by atoms with Crippen LogP contribution >= 0.6 is 11.6 Å². The number of nitrogens with one attached hydrogen (secondary N) is 2. The first-order chi connectivity index (χ1) is 18.0. The lowest BCUT2D eigenvalue weighted by molar-refractivity contribution is 0.000353. The summed E-state index contributed by atoms with van der Waals surface area (Å²) < 4.78 is 11.9. The number of ether oxygens (including phenoxy) is 2. The maximum Gasteiger partial charge on any atom is 0.228 e. The molecule has 3 fully saturated rings. The van der Waals surface area contributed by atoms with E-state index in [4.69, 9.17) is 31.0 Å². The molecule has 2 unspecified atom stereocenters. The SMILES string of the molecule is CN1CC2=C(N[C@@H](C3CC3)CCO2)c2cc(Nc3nc(N4C5COCC4CC(O)C5)ncc3Cl)cnc21. The molecule has 2 saturated heterocycles. The Balaban J connectivity index is 1.19. The summed E-state index contributed by atoms with van der Waals surface area (Å²) in [6.07, 6.45) is 7.99. The number of nitrogens with zero attached hydrogens (tertiary/aromatic N) is 5. The average molecular weight is 526 g/mol. The minimum atomic E-state index is -0.319. The molecule has 2 bridgehead atoms. The van der Waals surface area contributed by atoms with Crippen LogP contribution in [-0.4, -0.2) is 77.7 Å². The van der Waals surface area contributed by atoms with Crippen LogP contribution in [0.25, 0.3) is 5.70 Å². The van der Waals surface area contributed by atoms with Gasteiger partial charge in [0.05, 0.1) is 68.3 Å². The standard InChI is InChI=1S/C26H32ClN7O3/c1-33-11-22-23(31-21(4-5-37-22)14-2-3-14)19-6-15(9-28-25(19)33)30-24-20(27)10-29-26(32-24)34-16-7-18(35)8-17(34)13-36-12-16/h6,9-10,14,16-18,21,31,35H,2-5,7-8,11-13H2,1H3,(H,29,30,32)/t16?,17?,18?,21-/m1/s1. The van der Waals surface area contributed by atoms with Gasteiger partial charge in [-0.3, -0.25) is 0 Å². The van der Waals surface area contributed by atoms with Gasteiger partial charge in [0.1, 0.15) is 16.6 Å². The summed E-state index contributed by atoms with van der Waals surface area (Å²) >= 11 is 6.55. The van der Waals surface area contributed by atoms with Gasteiger partial charge in [0, 0.05) is 25.1 Å². The second-order valence-electron chi connectivity index (χ2n) is 10.8. The monoisotopic (exact) mass is 525 g/mol. The van der Waals surface area contributed by atoms with Crippen molar-refractivity contribution in [3.8, 4) is 0 Å². The first-order valence-electron chi connectivity index (χ1n) is 13.2. The van der Waals surface area contributed by atoms with Crippen LogP contribution in [0.1, 0.15) is 37.7 Å². The van der Waals surface area contributed by atoms with Crippen molar-refractivity contribution in [2.45, 2.75) is 56.3 Å². The fourth-order valence-corrected chi connectivity index (χ4v) is 6.29. The van der Waals surface area contributed by atoms with Crippen LogP contribution in [0.3, 0.4) is 0 Å². The van der Waals surface area contributed by atoms with E-state index in [0.29, 0.717) is 55.4 Å². The zero-order chi connectivity index (χ0) is 25.1. The third-order valence-corrected chi connectivity index (χ3v) is 8.38. The maximum atomic E-state index is 10.3. The van der Waals surface area contributed by atoms with Gasteiger partial charge in [-0.15, -0.1) is 0 Å². The summed E-state index contributed by atoms with van der Waals surface area (Å²) in [4.78, 5) is 18.4. The number of aliphatic hydroxyl groups excluding tert-OH is 1. The Labute approximate surface area is 221 Å². The van der Waals surface area contributed by atoms with E-state index in [1.807, 2.05) is 13.2 Å². The molecule has 10 nitrogen and oxygen atoms in total. The van der Waals surface area contributed by atoms with E-state index in [9.17, 15) is 5.11 Å². The number of morpholine rings is 1. The van der Waals surface area contributed by atoms with E-state index < -0.39 is 0 Å². The summed E-state index contributed by atoms with van der Waals surface area (Å²) in [6.45, 7) is 2.55. The fourth-order valence-electron chi connectivity index (χ4n) is 6.15. The predicted molar refractivity (Wildman–Crippen MR) is 141 cm³/mol. The number of piperidine rings is 1. The third-order valence-electron chi connectivity index (χ3n) is 8.10. The van der Waals surface area contributed by atoms with Crippen LogP contribution in [0.2, 0.25) is 5.02 Å². The molecule has 1 saturated carbocycles. The van der Waals surface area contributed by atoms with E-state index in [2.05, 4.69) is 31.5 Å². The van der Waals surface area contributed by atoms with Crippen LogP contribution in [0.15, 0.2) is 24.2 Å². The Bertz CT molecular complexity index is 1220. The molecule has 0 radical (unpaired) electrons. The lowest BCUT2D eigenvalue weighted by Crippen LogP contribution is -2.59. The molecule has 1 aliphatic carbocycles. The number of anilines is 4. The number of halogens is 1. The molecule has 5 aliphatic rings. The maximum absolute atomic E-state index is 10.3. The van der Waals surface area contributed by atoms with Gasteiger partial charge in [-0.05, 0) is 37.7 Å². The molecule has 0 aromatic carbocycles. The smallest absolute Gasteiger partial charge is 0.228 e. The molecule has 2 aromatic heterocycles.